The fraction of sp³-hybridized carbons (Fsp3) is 0.188. The van der Waals surface area contributed by atoms with Gasteiger partial charge in [0.05, 0.1) is 0 Å². The third-order valence-electron chi connectivity index (χ3n) is 3.29. The first kappa shape index (κ1) is 11.8. The quantitative estimate of drug-likeness (QED) is 0.834. The van der Waals surface area contributed by atoms with Crippen LogP contribution in [0.4, 0.5) is 11.4 Å². The van der Waals surface area contributed by atoms with Crippen LogP contribution in [-0.4, -0.2) is 18.9 Å². The summed E-state index contributed by atoms with van der Waals surface area (Å²) in [5.41, 5.74) is 8.86. The van der Waals surface area contributed by atoms with E-state index in [1.807, 2.05) is 30.3 Å². The van der Waals surface area contributed by atoms with E-state index in [1.165, 1.54) is 5.56 Å². The van der Waals surface area contributed by atoms with Crippen LogP contribution in [-0.2, 0) is 0 Å². The van der Waals surface area contributed by atoms with Crippen molar-refractivity contribution < 1.29 is 0 Å². The molecule has 0 amide bonds. The van der Waals surface area contributed by atoms with E-state index >= 15 is 0 Å². The molecule has 0 saturated heterocycles. The summed E-state index contributed by atoms with van der Waals surface area (Å²) in [6, 6.07) is 18.3. The number of hydrogen-bond acceptors (Lipinski definition) is 3. The molecule has 0 saturated carbocycles. The van der Waals surface area contributed by atoms with Crippen molar-refractivity contribution in [1.29, 1.82) is 0 Å². The van der Waals surface area contributed by atoms with E-state index in [0.717, 1.165) is 36.7 Å². The Kier molecular flexibility index (Phi) is 3.19. The monoisotopic (exact) mass is 251 g/mol. The van der Waals surface area contributed by atoms with Gasteiger partial charge in [-0.25, -0.2) is 0 Å². The normalized spacial score (nSPS) is 15.2. The Balaban J connectivity index is 1.97. The summed E-state index contributed by atoms with van der Waals surface area (Å²) in [5, 5.41) is 0. The van der Waals surface area contributed by atoms with Crippen LogP contribution in [0.25, 0.3) is 0 Å². The average Bonchev–Trinajstić information content (AvgIpc) is 2.49. The van der Waals surface area contributed by atoms with Crippen LogP contribution in [0.15, 0.2) is 59.6 Å². The number of amidine groups is 1. The second-order valence-electron chi connectivity index (χ2n) is 4.67. The maximum Gasteiger partial charge on any atom is 0.135 e. The zero-order valence-corrected chi connectivity index (χ0v) is 10.8. The molecule has 19 heavy (non-hydrogen) atoms. The molecule has 1 aliphatic rings. The van der Waals surface area contributed by atoms with Gasteiger partial charge >= 0.3 is 0 Å². The highest BCUT2D eigenvalue weighted by Crippen LogP contribution is 2.22. The van der Waals surface area contributed by atoms with E-state index < -0.39 is 0 Å². The highest BCUT2D eigenvalue weighted by atomic mass is 15.2. The predicted octanol–water partition coefficient (Wildman–Crippen LogP) is 2.93. The van der Waals surface area contributed by atoms with Gasteiger partial charge in [0.15, 0.2) is 0 Å². The number of benzene rings is 2. The van der Waals surface area contributed by atoms with Gasteiger partial charge < -0.3 is 10.6 Å². The standard InChI is InChI=1S/C16H17N3/c17-14-7-9-15(10-8-14)19-12-4-11-18-16(19)13-5-2-1-3-6-13/h1-3,5-10H,4,11-12,17H2. The zero-order chi connectivity index (χ0) is 13.1. The lowest BCUT2D eigenvalue weighted by atomic mass is 10.1. The third-order valence-corrected chi connectivity index (χ3v) is 3.29. The van der Waals surface area contributed by atoms with Crippen molar-refractivity contribution in [2.45, 2.75) is 6.42 Å². The first-order chi connectivity index (χ1) is 9.34. The van der Waals surface area contributed by atoms with Gasteiger partial charge in [0, 0.05) is 30.0 Å². The van der Waals surface area contributed by atoms with E-state index in [1.54, 1.807) is 0 Å². The van der Waals surface area contributed by atoms with Crippen LogP contribution >= 0.6 is 0 Å². The fourth-order valence-corrected chi connectivity index (χ4v) is 2.35. The molecule has 0 bridgehead atoms. The molecular weight excluding hydrogens is 234 g/mol. The number of hydrogen-bond donors (Lipinski definition) is 1. The minimum atomic E-state index is 0.791. The van der Waals surface area contributed by atoms with Crippen molar-refractivity contribution >= 4 is 17.2 Å². The van der Waals surface area contributed by atoms with E-state index in [0.29, 0.717) is 0 Å². The lowest BCUT2D eigenvalue weighted by molar-refractivity contribution is 0.790. The number of anilines is 2. The van der Waals surface area contributed by atoms with E-state index in [9.17, 15) is 0 Å². The highest BCUT2D eigenvalue weighted by Gasteiger charge is 2.18. The van der Waals surface area contributed by atoms with Crippen molar-refractivity contribution in [3.05, 3.63) is 60.2 Å². The van der Waals surface area contributed by atoms with Crippen molar-refractivity contribution in [3.8, 4) is 0 Å². The second kappa shape index (κ2) is 5.14. The van der Waals surface area contributed by atoms with Crippen molar-refractivity contribution in [2.24, 2.45) is 4.99 Å². The maximum absolute atomic E-state index is 5.75. The predicted molar refractivity (Wildman–Crippen MR) is 80.7 cm³/mol. The Bertz CT molecular complexity index is 573. The van der Waals surface area contributed by atoms with Crippen molar-refractivity contribution in [3.63, 3.8) is 0 Å². The van der Waals surface area contributed by atoms with Crippen LogP contribution in [0.5, 0.6) is 0 Å². The van der Waals surface area contributed by atoms with Gasteiger partial charge in [-0.05, 0) is 30.7 Å². The van der Waals surface area contributed by atoms with Crippen LogP contribution < -0.4 is 10.6 Å². The molecule has 1 aliphatic heterocycles. The van der Waals surface area contributed by atoms with Gasteiger partial charge in [-0.15, -0.1) is 0 Å². The fourth-order valence-electron chi connectivity index (χ4n) is 2.35. The average molecular weight is 251 g/mol. The lowest BCUT2D eigenvalue weighted by Crippen LogP contribution is -2.36. The highest BCUT2D eigenvalue weighted by molar-refractivity contribution is 6.10. The molecule has 0 aliphatic carbocycles. The molecule has 0 aromatic heterocycles. The minimum Gasteiger partial charge on any atom is -0.399 e. The molecular formula is C16H17N3. The maximum atomic E-state index is 5.75. The number of rotatable bonds is 2. The molecule has 2 aromatic carbocycles. The van der Waals surface area contributed by atoms with Gasteiger partial charge in [0.25, 0.3) is 0 Å². The Morgan fingerprint density at radius 3 is 2.42 bits per heavy atom. The number of nitrogens with two attached hydrogens (primary N) is 1. The molecule has 0 spiro atoms. The Morgan fingerprint density at radius 2 is 1.68 bits per heavy atom. The Labute approximate surface area is 113 Å². The second-order valence-corrected chi connectivity index (χ2v) is 4.67. The van der Waals surface area contributed by atoms with E-state index in [4.69, 9.17) is 10.7 Å². The van der Waals surface area contributed by atoms with Crippen LogP contribution in [0.1, 0.15) is 12.0 Å². The summed E-state index contributed by atoms with van der Waals surface area (Å²) in [4.78, 5) is 6.95. The number of nitrogen functional groups attached to an aromatic ring is 1. The van der Waals surface area contributed by atoms with Gasteiger partial charge in [-0.1, -0.05) is 30.3 Å². The van der Waals surface area contributed by atoms with Crippen LogP contribution in [0.2, 0.25) is 0 Å². The number of nitrogens with zero attached hydrogens (tertiary/aromatic N) is 2. The van der Waals surface area contributed by atoms with Gasteiger partial charge in [0.2, 0.25) is 0 Å². The molecule has 1 heterocycles. The Morgan fingerprint density at radius 1 is 0.947 bits per heavy atom. The third kappa shape index (κ3) is 2.45. The summed E-state index contributed by atoms with van der Waals surface area (Å²) in [5.74, 6) is 1.05. The van der Waals surface area contributed by atoms with Gasteiger partial charge in [-0.2, -0.15) is 0 Å². The van der Waals surface area contributed by atoms with Crippen LogP contribution in [0.3, 0.4) is 0 Å². The molecule has 0 unspecified atom stereocenters. The molecule has 0 atom stereocenters. The topological polar surface area (TPSA) is 41.6 Å². The first-order valence-electron chi connectivity index (χ1n) is 6.57. The molecule has 2 aromatic rings. The summed E-state index contributed by atoms with van der Waals surface area (Å²) >= 11 is 0. The molecule has 96 valence electrons. The minimum absolute atomic E-state index is 0.791. The van der Waals surface area contributed by atoms with E-state index in [-0.39, 0.29) is 0 Å². The summed E-state index contributed by atoms with van der Waals surface area (Å²) in [6.45, 7) is 1.90. The summed E-state index contributed by atoms with van der Waals surface area (Å²) in [7, 11) is 0. The summed E-state index contributed by atoms with van der Waals surface area (Å²) < 4.78 is 0. The molecule has 0 radical (unpaired) electrons. The summed E-state index contributed by atoms with van der Waals surface area (Å²) in [6.07, 6.45) is 1.08. The molecule has 3 nitrogen and oxygen atoms in total. The largest absolute Gasteiger partial charge is 0.399 e. The van der Waals surface area contributed by atoms with Gasteiger partial charge in [-0.3, -0.25) is 4.99 Å². The van der Waals surface area contributed by atoms with Gasteiger partial charge in [0.1, 0.15) is 5.84 Å². The lowest BCUT2D eigenvalue weighted by Gasteiger charge is -2.29. The molecule has 3 heteroatoms. The molecule has 2 N–H and O–H groups in total. The first-order valence-corrected chi connectivity index (χ1v) is 6.57. The molecule has 0 fully saturated rings. The van der Waals surface area contributed by atoms with Crippen LogP contribution in [0, 0.1) is 0 Å². The number of aliphatic imine (C=N–C) groups is 1. The SMILES string of the molecule is Nc1ccc(N2CCCN=C2c2ccccc2)cc1. The van der Waals surface area contributed by atoms with Crippen molar-refractivity contribution in [1.82, 2.24) is 0 Å². The molecule has 3 rings (SSSR count). The van der Waals surface area contributed by atoms with Crippen molar-refractivity contribution in [2.75, 3.05) is 23.7 Å². The Hall–Kier alpha value is -2.29. The zero-order valence-electron chi connectivity index (χ0n) is 10.8. The smallest absolute Gasteiger partial charge is 0.135 e. The van der Waals surface area contributed by atoms with E-state index in [2.05, 4.69) is 29.2 Å².